The molecule has 0 saturated carbocycles. The first-order chi connectivity index (χ1) is 11.7. The number of benzene rings is 2. The molecule has 0 unspecified atom stereocenters. The summed E-state index contributed by atoms with van der Waals surface area (Å²) >= 11 is 1.44. The van der Waals surface area contributed by atoms with Gasteiger partial charge in [0.2, 0.25) is 0 Å². The zero-order chi connectivity index (χ0) is 16.9. The van der Waals surface area contributed by atoms with Crippen LogP contribution < -0.4 is 4.74 Å². The molecule has 0 aliphatic carbocycles. The summed E-state index contributed by atoms with van der Waals surface area (Å²) in [6.45, 7) is -0.437. The number of carbonyl (C=O) groups is 1. The number of rotatable bonds is 5. The van der Waals surface area contributed by atoms with Crippen molar-refractivity contribution in [3.05, 3.63) is 59.1 Å². The lowest BCUT2D eigenvalue weighted by Gasteiger charge is -2.06. The molecular weight excluding hydrogens is 324 g/mol. The maximum absolute atomic E-state index is 10.7. The summed E-state index contributed by atoms with van der Waals surface area (Å²) in [6, 6.07) is 16.8. The van der Waals surface area contributed by atoms with Crippen LogP contribution in [0.2, 0.25) is 0 Å². The van der Waals surface area contributed by atoms with Gasteiger partial charge in [0.25, 0.3) is 0 Å². The molecule has 0 aliphatic heterocycles. The smallest absolute Gasteiger partial charge is 0.341 e. The maximum Gasteiger partial charge on any atom is 0.341 e. The second kappa shape index (κ2) is 6.94. The predicted molar refractivity (Wildman–Crippen MR) is 92.7 cm³/mol. The molecule has 0 spiro atoms. The van der Waals surface area contributed by atoms with Crippen molar-refractivity contribution in [3.63, 3.8) is 0 Å². The second-order valence-corrected chi connectivity index (χ2v) is 5.91. The maximum atomic E-state index is 10.7. The van der Waals surface area contributed by atoms with Gasteiger partial charge in [0.15, 0.2) is 6.61 Å². The number of ether oxygens (including phenoxy) is 1. The average Bonchev–Trinajstić information content (AvgIpc) is 3.02. The molecule has 5 nitrogen and oxygen atoms in total. The Kier molecular flexibility index (Phi) is 4.54. The molecule has 0 saturated heterocycles. The van der Waals surface area contributed by atoms with Gasteiger partial charge in [-0.05, 0) is 24.3 Å². The van der Waals surface area contributed by atoms with E-state index in [0.717, 1.165) is 10.2 Å². The standard InChI is InChI=1S/C18H12N2O3S/c19-10-13(18-20-14-6-2-4-8-16(14)24-18)9-12-5-1-3-7-15(12)23-11-17(21)22/h1-9H,11H2,(H,21,22). The van der Waals surface area contributed by atoms with Crippen molar-refractivity contribution in [3.8, 4) is 11.8 Å². The fraction of sp³-hybridized carbons (Fsp3) is 0.0556. The lowest BCUT2D eigenvalue weighted by molar-refractivity contribution is -0.139. The average molecular weight is 336 g/mol. The van der Waals surface area contributed by atoms with Gasteiger partial charge in [-0.1, -0.05) is 30.3 Å². The van der Waals surface area contributed by atoms with Crippen LogP contribution in [-0.2, 0) is 4.79 Å². The van der Waals surface area contributed by atoms with Gasteiger partial charge in [-0.25, -0.2) is 9.78 Å². The first-order valence-electron chi connectivity index (χ1n) is 7.09. The summed E-state index contributed by atoms with van der Waals surface area (Å²) in [7, 11) is 0. The van der Waals surface area contributed by atoms with Crippen LogP contribution >= 0.6 is 11.3 Å². The molecule has 0 radical (unpaired) electrons. The Labute approximate surface area is 142 Å². The lowest BCUT2D eigenvalue weighted by Crippen LogP contribution is -2.09. The first-order valence-corrected chi connectivity index (χ1v) is 7.90. The quantitative estimate of drug-likeness (QED) is 0.716. The number of carboxylic acid groups (broad SMARTS) is 1. The molecule has 1 N–H and O–H groups in total. The third kappa shape index (κ3) is 3.42. The van der Waals surface area contributed by atoms with Gasteiger partial charge in [0.1, 0.15) is 16.8 Å². The van der Waals surface area contributed by atoms with E-state index in [2.05, 4.69) is 11.1 Å². The minimum atomic E-state index is -1.06. The normalized spacial score (nSPS) is 11.2. The summed E-state index contributed by atoms with van der Waals surface area (Å²) < 4.78 is 6.27. The molecule has 0 amide bonds. The molecule has 1 heterocycles. The Hall–Kier alpha value is -3.17. The van der Waals surface area contributed by atoms with Crippen LogP contribution in [0.4, 0.5) is 0 Å². The van der Waals surface area contributed by atoms with E-state index in [1.807, 2.05) is 24.3 Å². The molecule has 24 heavy (non-hydrogen) atoms. The monoisotopic (exact) mass is 336 g/mol. The van der Waals surface area contributed by atoms with Crippen LogP contribution in [0.3, 0.4) is 0 Å². The number of para-hydroxylation sites is 2. The van der Waals surface area contributed by atoms with E-state index < -0.39 is 12.6 Å². The van der Waals surface area contributed by atoms with E-state index in [1.54, 1.807) is 30.3 Å². The van der Waals surface area contributed by atoms with Crippen LogP contribution in [0.5, 0.6) is 5.75 Å². The third-order valence-electron chi connectivity index (χ3n) is 3.21. The second-order valence-electron chi connectivity index (χ2n) is 4.88. The number of aliphatic carboxylic acids is 1. The third-order valence-corrected chi connectivity index (χ3v) is 4.28. The first kappa shape index (κ1) is 15.7. The van der Waals surface area contributed by atoms with E-state index in [4.69, 9.17) is 9.84 Å². The highest BCUT2D eigenvalue weighted by Gasteiger charge is 2.10. The van der Waals surface area contributed by atoms with Crippen LogP contribution in [0.1, 0.15) is 10.6 Å². The molecule has 0 bridgehead atoms. The number of carboxylic acids is 1. The van der Waals surface area contributed by atoms with E-state index in [0.29, 0.717) is 21.9 Å². The van der Waals surface area contributed by atoms with Crippen LogP contribution in [0.15, 0.2) is 48.5 Å². The summed E-state index contributed by atoms with van der Waals surface area (Å²) in [5, 5.41) is 18.9. The summed E-state index contributed by atoms with van der Waals surface area (Å²) in [5.41, 5.74) is 1.88. The van der Waals surface area contributed by atoms with Gasteiger partial charge >= 0.3 is 5.97 Å². The predicted octanol–water partition coefficient (Wildman–Crippen LogP) is 3.82. The van der Waals surface area contributed by atoms with E-state index in [-0.39, 0.29) is 0 Å². The SMILES string of the molecule is N#CC(=Cc1ccccc1OCC(=O)O)c1nc2ccccc2s1. The Morgan fingerprint density at radius 3 is 2.75 bits per heavy atom. The largest absolute Gasteiger partial charge is 0.481 e. The number of fused-ring (bicyclic) bond motifs is 1. The van der Waals surface area contributed by atoms with Crippen LogP contribution in [0, 0.1) is 11.3 Å². The van der Waals surface area contributed by atoms with Crippen molar-refractivity contribution in [1.82, 2.24) is 4.98 Å². The van der Waals surface area contributed by atoms with Gasteiger partial charge < -0.3 is 9.84 Å². The number of hydrogen-bond acceptors (Lipinski definition) is 5. The number of nitriles is 1. The van der Waals surface area contributed by atoms with Crippen molar-refractivity contribution in [2.45, 2.75) is 0 Å². The van der Waals surface area contributed by atoms with Gasteiger partial charge in [-0.15, -0.1) is 11.3 Å². The molecular formula is C18H12N2O3S. The van der Waals surface area contributed by atoms with Gasteiger partial charge in [0.05, 0.1) is 15.8 Å². The highest BCUT2D eigenvalue weighted by molar-refractivity contribution is 7.19. The highest BCUT2D eigenvalue weighted by atomic mass is 32.1. The molecule has 1 aromatic heterocycles. The molecule has 3 aromatic rings. The zero-order valence-electron chi connectivity index (χ0n) is 12.5. The Morgan fingerprint density at radius 2 is 2.00 bits per heavy atom. The summed E-state index contributed by atoms with van der Waals surface area (Å²) in [4.78, 5) is 15.2. The number of thiazole rings is 1. The zero-order valence-corrected chi connectivity index (χ0v) is 13.3. The molecule has 118 valence electrons. The van der Waals surface area contributed by atoms with Crippen molar-refractivity contribution in [1.29, 1.82) is 5.26 Å². The van der Waals surface area contributed by atoms with Gasteiger partial charge in [-0.3, -0.25) is 0 Å². The van der Waals surface area contributed by atoms with Crippen LogP contribution in [0.25, 0.3) is 21.9 Å². The van der Waals surface area contributed by atoms with E-state index >= 15 is 0 Å². The van der Waals surface area contributed by atoms with E-state index in [9.17, 15) is 10.1 Å². The highest BCUT2D eigenvalue weighted by Crippen LogP contribution is 2.29. The molecule has 2 aromatic carbocycles. The Balaban J connectivity index is 1.99. The number of aromatic nitrogens is 1. The minimum Gasteiger partial charge on any atom is -0.481 e. The summed E-state index contributed by atoms with van der Waals surface area (Å²) in [5.74, 6) is -0.644. The van der Waals surface area contributed by atoms with Crippen molar-refractivity contribution in [2.75, 3.05) is 6.61 Å². The number of hydrogen-bond donors (Lipinski definition) is 1. The van der Waals surface area contributed by atoms with E-state index in [1.165, 1.54) is 11.3 Å². The molecule has 3 rings (SSSR count). The number of allylic oxidation sites excluding steroid dienone is 1. The van der Waals surface area contributed by atoms with Gasteiger partial charge in [-0.2, -0.15) is 5.26 Å². The topological polar surface area (TPSA) is 83.2 Å². The Bertz CT molecular complexity index is 937. The van der Waals surface area contributed by atoms with Crippen molar-refractivity contribution < 1.29 is 14.6 Å². The molecule has 0 fully saturated rings. The summed E-state index contributed by atoms with van der Waals surface area (Å²) in [6.07, 6.45) is 1.66. The lowest BCUT2D eigenvalue weighted by atomic mass is 10.1. The van der Waals surface area contributed by atoms with Crippen LogP contribution in [-0.4, -0.2) is 22.7 Å². The van der Waals surface area contributed by atoms with Gasteiger partial charge in [0, 0.05) is 5.56 Å². The fourth-order valence-corrected chi connectivity index (χ4v) is 3.09. The van der Waals surface area contributed by atoms with Crippen molar-refractivity contribution in [2.24, 2.45) is 0 Å². The Morgan fingerprint density at radius 1 is 1.25 bits per heavy atom. The minimum absolute atomic E-state index is 0.405. The molecule has 0 aliphatic rings. The molecule has 0 atom stereocenters. The fourth-order valence-electron chi connectivity index (χ4n) is 2.16. The van der Waals surface area contributed by atoms with Crippen molar-refractivity contribution >= 4 is 39.2 Å². The molecule has 6 heteroatoms. The number of nitrogens with zero attached hydrogens (tertiary/aromatic N) is 2.